The molecule has 0 fully saturated rings. The van der Waals surface area contributed by atoms with E-state index >= 15 is 0 Å². The molecule has 0 radical (unpaired) electrons. The van der Waals surface area contributed by atoms with Crippen LogP contribution in [0.4, 0.5) is 13.2 Å². The van der Waals surface area contributed by atoms with Gasteiger partial charge in [0, 0.05) is 6.04 Å². The largest absolute Gasteiger partial charge is 0.573 e. The maximum Gasteiger partial charge on any atom is 0.573 e. The van der Waals surface area contributed by atoms with E-state index in [1.807, 2.05) is 37.4 Å². The van der Waals surface area contributed by atoms with Crippen LogP contribution in [-0.2, 0) is 6.42 Å². The smallest absolute Gasteiger partial charge is 0.406 e. The van der Waals surface area contributed by atoms with Crippen LogP contribution in [0, 0.1) is 0 Å². The minimum Gasteiger partial charge on any atom is -0.406 e. The summed E-state index contributed by atoms with van der Waals surface area (Å²) in [5.74, 6) is -0.202. The Kier molecular flexibility index (Phi) is 4.85. The summed E-state index contributed by atoms with van der Waals surface area (Å²) in [7, 11) is 1.86. The van der Waals surface area contributed by atoms with Gasteiger partial charge in [-0.2, -0.15) is 0 Å². The van der Waals surface area contributed by atoms with Crippen LogP contribution in [-0.4, -0.2) is 13.4 Å². The molecule has 2 aromatic rings. The summed E-state index contributed by atoms with van der Waals surface area (Å²) in [4.78, 5) is 0. The second-order valence-electron chi connectivity index (χ2n) is 4.65. The van der Waals surface area contributed by atoms with Gasteiger partial charge in [-0.25, -0.2) is 0 Å². The predicted octanol–water partition coefficient (Wildman–Crippen LogP) is 4.09. The highest BCUT2D eigenvalue weighted by atomic mass is 19.4. The average molecular weight is 295 g/mol. The van der Waals surface area contributed by atoms with Crippen molar-refractivity contribution in [3.8, 4) is 5.75 Å². The number of nitrogens with one attached hydrogen (secondary N) is 1. The lowest BCUT2D eigenvalue weighted by Gasteiger charge is -2.17. The predicted molar refractivity (Wildman–Crippen MR) is 75.1 cm³/mol. The van der Waals surface area contributed by atoms with E-state index in [1.165, 1.54) is 12.1 Å². The topological polar surface area (TPSA) is 21.3 Å². The summed E-state index contributed by atoms with van der Waals surface area (Å²) in [6.45, 7) is 0. The fourth-order valence-electron chi connectivity index (χ4n) is 2.13. The zero-order valence-corrected chi connectivity index (χ0v) is 11.5. The molecular weight excluding hydrogens is 279 g/mol. The summed E-state index contributed by atoms with van der Waals surface area (Å²) >= 11 is 0. The molecule has 2 aromatic carbocycles. The van der Waals surface area contributed by atoms with Gasteiger partial charge in [0.05, 0.1) is 0 Å². The average Bonchev–Trinajstić information content (AvgIpc) is 2.46. The zero-order chi connectivity index (χ0) is 15.3. The summed E-state index contributed by atoms with van der Waals surface area (Å²) in [5, 5.41) is 3.21. The maximum absolute atomic E-state index is 12.1. The summed E-state index contributed by atoms with van der Waals surface area (Å²) < 4.78 is 40.1. The van der Waals surface area contributed by atoms with Crippen molar-refractivity contribution in [2.75, 3.05) is 7.05 Å². The molecule has 2 rings (SSSR count). The number of hydrogen-bond donors (Lipinski definition) is 1. The van der Waals surface area contributed by atoms with Gasteiger partial charge in [-0.15, -0.1) is 13.2 Å². The Morgan fingerprint density at radius 3 is 2.14 bits per heavy atom. The van der Waals surface area contributed by atoms with Gasteiger partial charge in [0.15, 0.2) is 0 Å². The lowest BCUT2D eigenvalue weighted by atomic mass is 9.99. The molecule has 1 N–H and O–H groups in total. The number of likely N-dealkylation sites (N-methyl/N-ethyl adjacent to an activating group) is 1. The Balaban J connectivity index is 2.05. The van der Waals surface area contributed by atoms with Crippen LogP contribution in [0.1, 0.15) is 17.2 Å². The van der Waals surface area contributed by atoms with Crippen molar-refractivity contribution in [3.05, 3.63) is 65.7 Å². The van der Waals surface area contributed by atoms with Gasteiger partial charge in [-0.05, 0) is 36.7 Å². The van der Waals surface area contributed by atoms with Crippen molar-refractivity contribution in [3.63, 3.8) is 0 Å². The molecular formula is C16H16F3NO. The number of halogens is 3. The molecule has 0 bridgehead atoms. The van der Waals surface area contributed by atoms with Gasteiger partial charge in [0.1, 0.15) is 5.75 Å². The third-order valence-electron chi connectivity index (χ3n) is 3.15. The molecule has 21 heavy (non-hydrogen) atoms. The van der Waals surface area contributed by atoms with E-state index in [-0.39, 0.29) is 11.8 Å². The van der Waals surface area contributed by atoms with Crippen LogP contribution in [0.25, 0.3) is 0 Å². The number of hydrogen-bond acceptors (Lipinski definition) is 2. The van der Waals surface area contributed by atoms with Gasteiger partial charge < -0.3 is 10.1 Å². The third-order valence-corrected chi connectivity index (χ3v) is 3.15. The fourth-order valence-corrected chi connectivity index (χ4v) is 2.13. The molecule has 112 valence electrons. The summed E-state index contributed by atoms with van der Waals surface area (Å²) in [5.41, 5.74) is 2.07. The second kappa shape index (κ2) is 6.63. The van der Waals surface area contributed by atoms with Gasteiger partial charge in [0.25, 0.3) is 0 Å². The third kappa shape index (κ3) is 4.79. The van der Waals surface area contributed by atoms with Crippen LogP contribution in [0.3, 0.4) is 0 Å². The molecule has 1 atom stereocenters. The second-order valence-corrected chi connectivity index (χ2v) is 4.65. The quantitative estimate of drug-likeness (QED) is 0.897. The molecule has 1 unspecified atom stereocenters. The van der Waals surface area contributed by atoms with Crippen LogP contribution < -0.4 is 10.1 Å². The van der Waals surface area contributed by atoms with Crippen LogP contribution in [0.15, 0.2) is 54.6 Å². The molecule has 0 spiro atoms. The molecule has 0 aliphatic rings. The van der Waals surface area contributed by atoms with E-state index in [1.54, 1.807) is 12.1 Å². The van der Waals surface area contributed by atoms with E-state index < -0.39 is 6.36 Å². The van der Waals surface area contributed by atoms with Crippen molar-refractivity contribution in [1.82, 2.24) is 5.32 Å². The lowest BCUT2D eigenvalue weighted by molar-refractivity contribution is -0.274. The van der Waals surface area contributed by atoms with Crippen molar-refractivity contribution >= 4 is 0 Å². The highest BCUT2D eigenvalue weighted by Crippen LogP contribution is 2.24. The molecule has 0 saturated carbocycles. The minimum atomic E-state index is -4.65. The number of rotatable bonds is 5. The first kappa shape index (κ1) is 15.4. The van der Waals surface area contributed by atoms with Crippen LogP contribution >= 0.6 is 0 Å². The Hall–Kier alpha value is -2.01. The van der Waals surface area contributed by atoms with Crippen molar-refractivity contribution < 1.29 is 17.9 Å². The van der Waals surface area contributed by atoms with Gasteiger partial charge >= 0.3 is 6.36 Å². The van der Waals surface area contributed by atoms with Crippen LogP contribution in [0.5, 0.6) is 5.75 Å². The molecule has 5 heteroatoms. The molecule has 0 aliphatic carbocycles. The number of benzene rings is 2. The van der Waals surface area contributed by atoms with Crippen molar-refractivity contribution in [1.29, 1.82) is 0 Å². The summed E-state index contributed by atoms with van der Waals surface area (Å²) in [6, 6.07) is 16.0. The van der Waals surface area contributed by atoms with E-state index in [4.69, 9.17) is 0 Å². The van der Waals surface area contributed by atoms with Gasteiger partial charge in [0.2, 0.25) is 0 Å². The van der Waals surface area contributed by atoms with E-state index in [0.29, 0.717) is 6.42 Å². The lowest BCUT2D eigenvalue weighted by Crippen LogP contribution is -2.19. The summed E-state index contributed by atoms with van der Waals surface area (Å²) in [6.07, 6.45) is -3.97. The monoisotopic (exact) mass is 295 g/mol. The minimum absolute atomic E-state index is 0.112. The molecule has 0 aromatic heterocycles. The van der Waals surface area contributed by atoms with Gasteiger partial charge in [-0.3, -0.25) is 0 Å². The van der Waals surface area contributed by atoms with E-state index in [9.17, 15) is 13.2 Å². The Labute approximate surface area is 121 Å². The SMILES string of the molecule is CNC(Cc1ccc(OC(F)(F)F)cc1)c1ccccc1. The standard InChI is InChI=1S/C16H16F3NO/c1-20-15(13-5-3-2-4-6-13)11-12-7-9-14(10-8-12)21-16(17,18)19/h2-10,15,20H,11H2,1H3. The Morgan fingerprint density at radius 1 is 1.00 bits per heavy atom. The number of alkyl halides is 3. The normalized spacial score (nSPS) is 13.0. The molecule has 0 aliphatic heterocycles. The maximum atomic E-state index is 12.1. The fraction of sp³-hybridized carbons (Fsp3) is 0.250. The first-order valence-electron chi connectivity index (χ1n) is 6.55. The first-order chi connectivity index (χ1) is 9.98. The molecule has 0 amide bonds. The molecule has 0 saturated heterocycles. The highest BCUT2D eigenvalue weighted by Gasteiger charge is 2.30. The Bertz CT molecular complexity index is 552. The highest BCUT2D eigenvalue weighted by molar-refractivity contribution is 5.29. The van der Waals surface area contributed by atoms with Crippen molar-refractivity contribution in [2.45, 2.75) is 18.8 Å². The molecule has 0 heterocycles. The van der Waals surface area contributed by atoms with E-state index in [0.717, 1.165) is 11.1 Å². The zero-order valence-electron chi connectivity index (χ0n) is 11.5. The van der Waals surface area contributed by atoms with E-state index in [2.05, 4.69) is 10.1 Å². The Morgan fingerprint density at radius 2 is 1.62 bits per heavy atom. The van der Waals surface area contributed by atoms with Gasteiger partial charge in [-0.1, -0.05) is 42.5 Å². The first-order valence-corrected chi connectivity index (χ1v) is 6.55. The van der Waals surface area contributed by atoms with Crippen molar-refractivity contribution in [2.24, 2.45) is 0 Å². The van der Waals surface area contributed by atoms with Crippen LogP contribution in [0.2, 0.25) is 0 Å². The number of ether oxygens (including phenoxy) is 1. The molecule has 2 nitrogen and oxygen atoms in total.